The topological polar surface area (TPSA) is 62.1 Å². The minimum Gasteiger partial charge on any atom is -0.380 e. The Morgan fingerprint density at radius 3 is 2.37 bits per heavy atom. The van der Waals surface area contributed by atoms with Crippen molar-refractivity contribution in [3.05, 3.63) is 75.9 Å². The lowest BCUT2D eigenvalue weighted by Gasteiger charge is -2.16. The minimum atomic E-state index is -0.280. The maximum Gasteiger partial charge on any atom is 0.266 e. The fraction of sp³-hybridized carbons (Fsp3) is 0.385. The molecule has 0 unspecified atom stereocenters. The first-order valence-corrected chi connectivity index (χ1v) is 10.7. The second kappa shape index (κ2) is 10.8. The zero-order valence-corrected chi connectivity index (χ0v) is 18.0. The molecule has 0 aromatic heterocycles. The number of rotatable bonds is 7. The van der Waals surface area contributed by atoms with Crippen molar-refractivity contribution < 1.29 is 9.53 Å². The lowest BCUT2D eigenvalue weighted by atomic mass is 9.91. The van der Waals surface area contributed by atoms with Gasteiger partial charge in [0.1, 0.15) is 11.6 Å². The van der Waals surface area contributed by atoms with Gasteiger partial charge in [-0.2, -0.15) is 5.26 Å². The number of nitriles is 1. The van der Waals surface area contributed by atoms with Crippen LogP contribution in [-0.4, -0.2) is 13.0 Å². The Labute approximate surface area is 179 Å². The molecular weight excluding hydrogens is 372 g/mol. The number of carbonyl (C=O) groups excluding carboxylic acids is 1. The second-order valence-electron chi connectivity index (χ2n) is 8.00. The van der Waals surface area contributed by atoms with Gasteiger partial charge >= 0.3 is 0 Å². The Hall–Kier alpha value is -2.90. The van der Waals surface area contributed by atoms with Gasteiger partial charge in [-0.25, -0.2) is 0 Å². The average Bonchev–Trinajstić information content (AvgIpc) is 2.76. The van der Waals surface area contributed by atoms with Gasteiger partial charge in [-0.15, -0.1) is 0 Å². The quantitative estimate of drug-likeness (QED) is 0.481. The summed E-state index contributed by atoms with van der Waals surface area (Å²) >= 11 is 0. The molecule has 156 valence electrons. The normalized spacial score (nSPS) is 13.6. The van der Waals surface area contributed by atoms with Gasteiger partial charge in [0.25, 0.3) is 5.91 Å². The molecule has 2 aromatic rings. The van der Waals surface area contributed by atoms with Crippen LogP contribution >= 0.6 is 0 Å². The first kappa shape index (κ1) is 21.8. The standard InChI is InChI=1S/C26H30N2O2/c1-19-16-24(28-26(29)25(17-27)23-6-4-3-5-7-23)15-14-22(19)13-12-20-8-10-21(11-9-20)18-30-2/h8-11,14-16H,3-7,12-13,18H2,1-2H3,(H,28,29). The summed E-state index contributed by atoms with van der Waals surface area (Å²) in [5, 5.41) is 12.4. The largest absolute Gasteiger partial charge is 0.380 e. The van der Waals surface area contributed by atoms with Crippen LogP contribution in [0.1, 0.15) is 54.4 Å². The fourth-order valence-electron chi connectivity index (χ4n) is 4.01. The molecule has 0 atom stereocenters. The Morgan fingerprint density at radius 1 is 1.03 bits per heavy atom. The lowest BCUT2D eigenvalue weighted by Crippen LogP contribution is -2.16. The van der Waals surface area contributed by atoms with Crippen molar-refractivity contribution >= 4 is 11.6 Å². The summed E-state index contributed by atoms with van der Waals surface area (Å²) in [4.78, 5) is 12.6. The van der Waals surface area contributed by atoms with Gasteiger partial charge in [-0.3, -0.25) is 4.79 Å². The molecule has 1 fully saturated rings. The third-order valence-corrected chi connectivity index (χ3v) is 5.77. The van der Waals surface area contributed by atoms with E-state index in [4.69, 9.17) is 4.74 Å². The van der Waals surface area contributed by atoms with Crippen molar-refractivity contribution in [2.24, 2.45) is 0 Å². The highest BCUT2D eigenvalue weighted by Crippen LogP contribution is 2.26. The molecule has 30 heavy (non-hydrogen) atoms. The molecule has 1 amide bonds. The van der Waals surface area contributed by atoms with E-state index in [0.29, 0.717) is 12.2 Å². The molecule has 4 heteroatoms. The van der Waals surface area contributed by atoms with E-state index < -0.39 is 0 Å². The lowest BCUT2D eigenvalue weighted by molar-refractivity contribution is -0.112. The Balaban J connectivity index is 1.62. The van der Waals surface area contributed by atoms with Gasteiger partial charge in [-0.1, -0.05) is 36.8 Å². The zero-order chi connectivity index (χ0) is 21.3. The number of hydrogen-bond acceptors (Lipinski definition) is 3. The van der Waals surface area contributed by atoms with Gasteiger partial charge in [0.2, 0.25) is 0 Å². The van der Waals surface area contributed by atoms with Crippen molar-refractivity contribution in [1.29, 1.82) is 5.26 Å². The number of carbonyl (C=O) groups is 1. The van der Waals surface area contributed by atoms with Gasteiger partial charge in [0.15, 0.2) is 0 Å². The second-order valence-corrected chi connectivity index (χ2v) is 8.00. The van der Waals surface area contributed by atoms with Crippen LogP contribution in [0.15, 0.2) is 53.6 Å². The maximum atomic E-state index is 12.6. The third-order valence-electron chi connectivity index (χ3n) is 5.77. The van der Waals surface area contributed by atoms with E-state index in [-0.39, 0.29) is 5.91 Å². The zero-order valence-electron chi connectivity index (χ0n) is 18.0. The van der Waals surface area contributed by atoms with Gasteiger partial charge in [-0.05, 0) is 85.4 Å². The van der Waals surface area contributed by atoms with Crippen LogP contribution in [0.4, 0.5) is 5.69 Å². The van der Waals surface area contributed by atoms with E-state index in [1.807, 2.05) is 12.1 Å². The van der Waals surface area contributed by atoms with Crippen LogP contribution in [0.2, 0.25) is 0 Å². The summed E-state index contributed by atoms with van der Waals surface area (Å²) in [5.74, 6) is -0.280. The molecule has 0 bridgehead atoms. The van der Waals surface area contributed by atoms with Crippen molar-refractivity contribution in [2.75, 3.05) is 12.4 Å². The molecular formula is C26H30N2O2. The van der Waals surface area contributed by atoms with E-state index in [9.17, 15) is 10.1 Å². The van der Waals surface area contributed by atoms with Crippen LogP contribution < -0.4 is 5.32 Å². The van der Waals surface area contributed by atoms with Crippen LogP contribution in [0.3, 0.4) is 0 Å². The van der Waals surface area contributed by atoms with Crippen LogP contribution in [0, 0.1) is 18.3 Å². The van der Waals surface area contributed by atoms with Gasteiger partial charge < -0.3 is 10.1 Å². The number of methoxy groups -OCH3 is 1. The average molecular weight is 403 g/mol. The number of nitrogens with zero attached hydrogens (tertiary/aromatic N) is 1. The summed E-state index contributed by atoms with van der Waals surface area (Å²) in [5.41, 5.74) is 6.93. The Morgan fingerprint density at radius 2 is 1.73 bits per heavy atom. The monoisotopic (exact) mass is 402 g/mol. The summed E-state index contributed by atoms with van der Waals surface area (Å²) in [6.07, 6.45) is 6.94. The van der Waals surface area contributed by atoms with Gasteiger partial charge in [0, 0.05) is 12.8 Å². The number of anilines is 1. The number of hydrogen-bond donors (Lipinski definition) is 1. The molecule has 0 spiro atoms. The summed E-state index contributed by atoms with van der Waals surface area (Å²) < 4.78 is 5.16. The Bertz CT molecular complexity index is 944. The highest BCUT2D eigenvalue weighted by Gasteiger charge is 2.17. The first-order chi connectivity index (χ1) is 14.6. The highest BCUT2D eigenvalue weighted by molar-refractivity contribution is 6.07. The van der Waals surface area contributed by atoms with Crippen LogP contribution in [0.5, 0.6) is 0 Å². The van der Waals surface area contributed by atoms with Crippen molar-refractivity contribution in [3.63, 3.8) is 0 Å². The summed E-state index contributed by atoms with van der Waals surface area (Å²) in [6.45, 7) is 2.70. The maximum absolute atomic E-state index is 12.6. The molecule has 0 aliphatic heterocycles. The highest BCUT2D eigenvalue weighted by atomic mass is 16.5. The molecule has 3 rings (SSSR count). The predicted octanol–water partition coefficient (Wildman–Crippen LogP) is 5.65. The number of aryl methyl sites for hydroxylation is 3. The molecule has 0 heterocycles. The number of allylic oxidation sites excluding steroid dienone is 1. The minimum absolute atomic E-state index is 0.280. The first-order valence-electron chi connectivity index (χ1n) is 10.7. The molecule has 4 nitrogen and oxygen atoms in total. The molecule has 1 saturated carbocycles. The Kier molecular flexibility index (Phi) is 7.82. The van der Waals surface area contributed by atoms with Crippen molar-refractivity contribution in [3.8, 4) is 6.07 Å². The van der Waals surface area contributed by atoms with E-state index in [0.717, 1.165) is 55.3 Å². The fourth-order valence-corrected chi connectivity index (χ4v) is 4.01. The molecule has 0 radical (unpaired) electrons. The van der Waals surface area contributed by atoms with Crippen molar-refractivity contribution in [1.82, 2.24) is 0 Å². The smallest absolute Gasteiger partial charge is 0.266 e. The van der Waals surface area contributed by atoms with Crippen LogP contribution in [-0.2, 0) is 29.0 Å². The molecule has 2 aromatic carbocycles. The summed E-state index contributed by atoms with van der Waals surface area (Å²) in [7, 11) is 1.71. The van der Waals surface area contributed by atoms with E-state index >= 15 is 0 Å². The van der Waals surface area contributed by atoms with E-state index in [1.165, 1.54) is 23.1 Å². The number of benzene rings is 2. The van der Waals surface area contributed by atoms with Gasteiger partial charge in [0.05, 0.1) is 6.61 Å². The molecule has 1 aliphatic rings. The molecule has 1 N–H and O–H groups in total. The third kappa shape index (κ3) is 5.81. The van der Waals surface area contributed by atoms with Crippen molar-refractivity contribution in [2.45, 2.75) is 58.5 Å². The number of nitrogens with one attached hydrogen (secondary N) is 1. The summed E-state index contributed by atoms with van der Waals surface area (Å²) in [6, 6.07) is 16.7. The van der Waals surface area contributed by atoms with E-state index in [1.54, 1.807) is 7.11 Å². The molecule has 0 saturated heterocycles. The predicted molar refractivity (Wildman–Crippen MR) is 120 cm³/mol. The SMILES string of the molecule is COCc1ccc(CCc2ccc(NC(=O)C(C#N)=C3CCCCC3)cc2C)cc1. The van der Waals surface area contributed by atoms with Crippen LogP contribution in [0.25, 0.3) is 0 Å². The number of amides is 1. The molecule has 1 aliphatic carbocycles. The van der Waals surface area contributed by atoms with E-state index in [2.05, 4.69) is 48.6 Å². The number of ether oxygens (including phenoxy) is 1.